The van der Waals surface area contributed by atoms with Crippen LogP contribution in [0, 0.1) is 0 Å². The quantitative estimate of drug-likeness (QED) is 0.404. The van der Waals surface area contributed by atoms with Crippen LogP contribution in [0.5, 0.6) is 0 Å². The molecule has 14 heavy (non-hydrogen) atoms. The average Bonchev–Trinajstić information content (AvgIpc) is 2.26. The van der Waals surface area contributed by atoms with Gasteiger partial charge >= 0.3 is 0 Å². The van der Waals surface area contributed by atoms with Gasteiger partial charge in [-0.3, -0.25) is 4.99 Å². The monoisotopic (exact) mass is 188 g/mol. The van der Waals surface area contributed by atoms with E-state index in [9.17, 15) is 0 Å². The summed E-state index contributed by atoms with van der Waals surface area (Å²) in [7, 11) is 2.01. The van der Waals surface area contributed by atoms with Crippen LogP contribution in [0.2, 0.25) is 0 Å². The number of hydrogen-bond donors (Lipinski definition) is 0. The zero-order valence-electron chi connectivity index (χ0n) is 8.77. The van der Waals surface area contributed by atoms with E-state index in [4.69, 9.17) is 0 Å². The van der Waals surface area contributed by atoms with Crippen LogP contribution in [-0.2, 0) is 0 Å². The van der Waals surface area contributed by atoms with Crippen molar-refractivity contribution < 1.29 is 0 Å². The van der Waals surface area contributed by atoms with E-state index in [1.54, 1.807) is 6.08 Å². The standard InChI is InChI=1S/C12H16N2/c1-4-10-13-11(2)14(3)12-8-6-5-7-9-12/h4-9H,1,10H2,2-3H3. The first kappa shape index (κ1) is 10.5. The van der Waals surface area contributed by atoms with Crippen molar-refractivity contribution in [3.05, 3.63) is 43.0 Å². The Morgan fingerprint density at radius 2 is 2.07 bits per heavy atom. The summed E-state index contributed by atoms with van der Waals surface area (Å²) in [4.78, 5) is 6.40. The second-order valence-electron chi connectivity index (χ2n) is 3.07. The zero-order chi connectivity index (χ0) is 10.4. The Labute approximate surface area is 85.6 Å². The van der Waals surface area contributed by atoms with E-state index in [1.165, 1.54) is 0 Å². The predicted octanol–water partition coefficient (Wildman–Crippen LogP) is 2.73. The smallest absolute Gasteiger partial charge is 0.100 e. The molecule has 0 heterocycles. The molecule has 0 unspecified atom stereocenters. The van der Waals surface area contributed by atoms with Crippen LogP contribution < -0.4 is 4.90 Å². The lowest BCUT2D eigenvalue weighted by atomic mass is 10.3. The molecule has 1 rings (SSSR count). The first-order valence-electron chi connectivity index (χ1n) is 4.66. The summed E-state index contributed by atoms with van der Waals surface area (Å²) in [5.41, 5.74) is 1.15. The summed E-state index contributed by atoms with van der Waals surface area (Å²) in [6, 6.07) is 10.2. The lowest BCUT2D eigenvalue weighted by molar-refractivity contribution is 1.16. The van der Waals surface area contributed by atoms with Crippen molar-refractivity contribution in [2.75, 3.05) is 18.5 Å². The Morgan fingerprint density at radius 3 is 2.64 bits per heavy atom. The van der Waals surface area contributed by atoms with Crippen LogP contribution in [0.25, 0.3) is 0 Å². The minimum atomic E-state index is 0.670. The molecule has 1 aromatic rings. The van der Waals surface area contributed by atoms with E-state index >= 15 is 0 Å². The number of amidine groups is 1. The van der Waals surface area contributed by atoms with Crippen molar-refractivity contribution in [2.45, 2.75) is 6.92 Å². The molecule has 0 aliphatic heterocycles. The Balaban J connectivity index is 2.75. The molecule has 74 valence electrons. The number of benzene rings is 1. The lowest BCUT2D eigenvalue weighted by Crippen LogP contribution is -2.23. The van der Waals surface area contributed by atoms with Gasteiger partial charge in [0.1, 0.15) is 5.84 Å². The van der Waals surface area contributed by atoms with Gasteiger partial charge in [0.05, 0.1) is 6.54 Å². The number of rotatable bonds is 3. The number of para-hydroxylation sites is 1. The molecule has 2 heteroatoms. The third kappa shape index (κ3) is 2.73. The molecule has 0 fully saturated rings. The third-order valence-corrected chi connectivity index (χ3v) is 2.08. The Hall–Kier alpha value is -1.57. The molecule has 0 aliphatic carbocycles. The lowest BCUT2D eigenvalue weighted by Gasteiger charge is -2.18. The Kier molecular flexibility index (Phi) is 3.92. The minimum absolute atomic E-state index is 0.670. The van der Waals surface area contributed by atoms with E-state index in [2.05, 4.69) is 28.6 Å². The normalized spacial score (nSPS) is 11.1. The fraction of sp³-hybridized carbons (Fsp3) is 0.250. The molecule has 0 radical (unpaired) electrons. The number of anilines is 1. The topological polar surface area (TPSA) is 15.6 Å². The highest BCUT2D eigenvalue weighted by Crippen LogP contribution is 2.11. The molecule has 0 atom stereocenters. The number of nitrogens with zero attached hydrogens (tertiary/aromatic N) is 2. The maximum atomic E-state index is 4.34. The zero-order valence-corrected chi connectivity index (χ0v) is 8.77. The molecule has 0 spiro atoms. The highest BCUT2D eigenvalue weighted by molar-refractivity contribution is 5.95. The summed E-state index contributed by atoms with van der Waals surface area (Å²) in [6.45, 7) is 6.31. The van der Waals surface area contributed by atoms with Crippen molar-refractivity contribution in [2.24, 2.45) is 4.99 Å². The van der Waals surface area contributed by atoms with Gasteiger partial charge in [0.25, 0.3) is 0 Å². The van der Waals surface area contributed by atoms with E-state index in [1.807, 2.05) is 32.2 Å². The van der Waals surface area contributed by atoms with Crippen molar-refractivity contribution >= 4 is 11.5 Å². The molecule has 0 bridgehead atoms. The first-order valence-corrected chi connectivity index (χ1v) is 4.66. The Morgan fingerprint density at radius 1 is 1.43 bits per heavy atom. The third-order valence-electron chi connectivity index (χ3n) is 2.08. The van der Waals surface area contributed by atoms with Crippen LogP contribution >= 0.6 is 0 Å². The summed E-state index contributed by atoms with van der Waals surface area (Å²) in [5, 5.41) is 0. The summed E-state index contributed by atoms with van der Waals surface area (Å²) in [5.74, 6) is 0.996. The molecule has 0 aliphatic rings. The van der Waals surface area contributed by atoms with Crippen molar-refractivity contribution in [3.63, 3.8) is 0 Å². The van der Waals surface area contributed by atoms with E-state index in [0.717, 1.165) is 11.5 Å². The van der Waals surface area contributed by atoms with Crippen molar-refractivity contribution in [3.8, 4) is 0 Å². The van der Waals surface area contributed by atoms with E-state index < -0.39 is 0 Å². The van der Waals surface area contributed by atoms with Crippen LogP contribution in [-0.4, -0.2) is 19.4 Å². The largest absolute Gasteiger partial charge is 0.333 e. The van der Waals surface area contributed by atoms with Crippen LogP contribution in [0.3, 0.4) is 0 Å². The molecule has 2 nitrogen and oxygen atoms in total. The van der Waals surface area contributed by atoms with Gasteiger partial charge in [0.15, 0.2) is 0 Å². The van der Waals surface area contributed by atoms with Crippen LogP contribution in [0.15, 0.2) is 48.0 Å². The second-order valence-corrected chi connectivity index (χ2v) is 3.07. The van der Waals surface area contributed by atoms with Gasteiger partial charge in [-0.25, -0.2) is 0 Å². The molecule has 0 saturated heterocycles. The summed E-state index contributed by atoms with van der Waals surface area (Å²) < 4.78 is 0. The van der Waals surface area contributed by atoms with Gasteiger partial charge in [-0.2, -0.15) is 0 Å². The van der Waals surface area contributed by atoms with Crippen molar-refractivity contribution in [1.82, 2.24) is 0 Å². The maximum absolute atomic E-state index is 4.34. The number of aliphatic imine (C=N–C) groups is 1. The predicted molar refractivity (Wildman–Crippen MR) is 63.0 cm³/mol. The van der Waals surface area contributed by atoms with Crippen LogP contribution in [0.1, 0.15) is 6.92 Å². The van der Waals surface area contributed by atoms with Gasteiger partial charge in [0.2, 0.25) is 0 Å². The highest BCUT2D eigenvalue weighted by Gasteiger charge is 2.01. The minimum Gasteiger partial charge on any atom is -0.333 e. The van der Waals surface area contributed by atoms with Crippen LogP contribution in [0.4, 0.5) is 5.69 Å². The summed E-state index contributed by atoms with van der Waals surface area (Å²) >= 11 is 0. The number of hydrogen-bond acceptors (Lipinski definition) is 1. The van der Waals surface area contributed by atoms with Gasteiger partial charge < -0.3 is 4.90 Å². The van der Waals surface area contributed by atoms with Gasteiger partial charge in [-0.05, 0) is 19.1 Å². The fourth-order valence-electron chi connectivity index (χ4n) is 1.14. The molecule has 1 aromatic carbocycles. The van der Waals surface area contributed by atoms with Gasteiger partial charge in [-0.1, -0.05) is 24.3 Å². The van der Waals surface area contributed by atoms with Gasteiger partial charge in [-0.15, -0.1) is 6.58 Å². The first-order chi connectivity index (χ1) is 6.75. The average molecular weight is 188 g/mol. The molecule has 0 amide bonds. The maximum Gasteiger partial charge on any atom is 0.100 e. The molecule has 0 N–H and O–H groups in total. The van der Waals surface area contributed by atoms with E-state index in [0.29, 0.717) is 6.54 Å². The SMILES string of the molecule is C=CCN=C(C)N(C)c1ccccc1. The highest BCUT2D eigenvalue weighted by atomic mass is 15.2. The van der Waals surface area contributed by atoms with Gasteiger partial charge in [0, 0.05) is 12.7 Å². The Bertz CT molecular complexity index is 314. The van der Waals surface area contributed by atoms with Crippen molar-refractivity contribution in [1.29, 1.82) is 0 Å². The summed E-state index contributed by atoms with van der Waals surface area (Å²) in [6.07, 6.45) is 1.79. The molecular formula is C12H16N2. The molecule has 0 aromatic heterocycles. The van der Waals surface area contributed by atoms with E-state index in [-0.39, 0.29) is 0 Å². The molecular weight excluding hydrogens is 172 g/mol. The molecule has 0 saturated carbocycles. The fourth-order valence-corrected chi connectivity index (χ4v) is 1.14. The second kappa shape index (κ2) is 5.22.